The van der Waals surface area contributed by atoms with Gasteiger partial charge >= 0.3 is 0 Å². The Morgan fingerprint density at radius 2 is 1.89 bits per heavy atom. The number of rotatable bonds is 4. The van der Waals surface area contributed by atoms with Crippen LogP contribution in [0.4, 0.5) is 0 Å². The third kappa shape index (κ3) is 3.49. The Hall–Kier alpha value is -2.02. The molecule has 0 radical (unpaired) electrons. The molecule has 0 saturated heterocycles. The molecule has 0 spiro atoms. The summed E-state index contributed by atoms with van der Waals surface area (Å²) in [6.45, 7) is 4.15. The van der Waals surface area contributed by atoms with Crippen molar-refractivity contribution >= 4 is 5.91 Å². The number of aryl methyl sites for hydroxylation is 2. The lowest BCUT2D eigenvalue weighted by Crippen LogP contribution is -2.23. The fourth-order valence-electron chi connectivity index (χ4n) is 1.71. The van der Waals surface area contributed by atoms with Gasteiger partial charge in [-0.15, -0.1) is 0 Å². The average Bonchev–Trinajstić information content (AvgIpc) is 2.31. The number of benzene rings is 1. The molecule has 0 fully saturated rings. The van der Waals surface area contributed by atoms with Gasteiger partial charge in [0, 0.05) is 14.1 Å². The molecule has 1 rings (SSSR count). The third-order valence-electron chi connectivity index (χ3n) is 2.65. The van der Waals surface area contributed by atoms with Crippen LogP contribution in [-0.2, 0) is 4.79 Å². The first-order valence-electron chi connectivity index (χ1n) is 5.80. The second kappa shape index (κ2) is 6.06. The van der Waals surface area contributed by atoms with E-state index in [1.165, 1.54) is 0 Å². The van der Waals surface area contributed by atoms with Crippen LogP contribution in [0, 0.1) is 25.2 Å². The fourth-order valence-corrected chi connectivity index (χ4v) is 1.71. The smallest absolute Gasteiger partial charge is 0.225 e. The van der Waals surface area contributed by atoms with Crippen molar-refractivity contribution in [2.75, 3.05) is 20.7 Å². The van der Waals surface area contributed by atoms with Gasteiger partial charge in [-0.05, 0) is 37.1 Å². The molecule has 0 aliphatic heterocycles. The van der Waals surface area contributed by atoms with Crippen molar-refractivity contribution in [1.82, 2.24) is 4.90 Å². The summed E-state index contributed by atoms with van der Waals surface area (Å²) in [7, 11) is 3.45. The van der Waals surface area contributed by atoms with Crippen LogP contribution in [0.25, 0.3) is 0 Å². The Bertz CT molecular complexity index is 464. The van der Waals surface area contributed by atoms with Crippen LogP contribution in [0.2, 0.25) is 0 Å². The molecule has 0 atom stereocenters. The molecule has 1 amide bonds. The van der Waals surface area contributed by atoms with Crippen LogP contribution in [0.5, 0.6) is 5.75 Å². The Labute approximate surface area is 108 Å². The average molecular weight is 246 g/mol. The number of nitrogens with zero attached hydrogens (tertiary/aromatic N) is 2. The van der Waals surface area contributed by atoms with Gasteiger partial charge in [-0.2, -0.15) is 5.26 Å². The van der Waals surface area contributed by atoms with E-state index in [4.69, 9.17) is 10.00 Å². The number of amides is 1. The zero-order valence-electron chi connectivity index (χ0n) is 11.3. The molecule has 0 N–H and O–H groups in total. The van der Waals surface area contributed by atoms with Crippen molar-refractivity contribution in [3.63, 3.8) is 0 Å². The van der Waals surface area contributed by atoms with Crippen LogP contribution in [0.3, 0.4) is 0 Å². The summed E-state index contributed by atoms with van der Waals surface area (Å²) >= 11 is 0. The Kier molecular flexibility index (Phi) is 4.73. The molecule has 0 unspecified atom stereocenters. The number of carbonyl (C=O) groups is 1. The number of ether oxygens (including phenoxy) is 1. The highest BCUT2D eigenvalue weighted by atomic mass is 16.5. The van der Waals surface area contributed by atoms with E-state index in [9.17, 15) is 4.79 Å². The highest BCUT2D eigenvalue weighted by Crippen LogP contribution is 2.24. The first-order valence-corrected chi connectivity index (χ1v) is 5.80. The van der Waals surface area contributed by atoms with Crippen molar-refractivity contribution in [1.29, 1.82) is 5.26 Å². The topological polar surface area (TPSA) is 53.3 Å². The van der Waals surface area contributed by atoms with Gasteiger partial charge in [-0.3, -0.25) is 4.79 Å². The lowest BCUT2D eigenvalue weighted by molar-refractivity contribution is -0.129. The Morgan fingerprint density at radius 3 is 2.33 bits per heavy atom. The van der Waals surface area contributed by atoms with Crippen molar-refractivity contribution in [2.24, 2.45) is 0 Å². The van der Waals surface area contributed by atoms with Gasteiger partial charge in [0.05, 0.1) is 24.7 Å². The maximum atomic E-state index is 11.4. The quantitative estimate of drug-likeness (QED) is 0.816. The van der Waals surface area contributed by atoms with Crippen LogP contribution in [-0.4, -0.2) is 31.5 Å². The summed E-state index contributed by atoms with van der Waals surface area (Å²) in [4.78, 5) is 12.9. The maximum absolute atomic E-state index is 11.4. The SMILES string of the molecule is Cc1cc(C#N)cc(C)c1OCCC(=O)N(C)C. The number of hydrogen-bond donors (Lipinski definition) is 0. The summed E-state index contributed by atoms with van der Waals surface area (Å²) in [6.07, 6.45) is 0.353. The molecular formula is C14H18N2O2. The van der Waals surface area contributed by atoms with Crippen molar-refractivity contribution < 1.29 is 9.53 Å². The van der Waals surface area contributed by atoms with Gasteiger partial charge in [-0.25, -0.2) is 0 Å². The summed E-state index contributed by atoms with van der Waals surface area (Å²) < 4.78 is 5.63. The minimum absolute atomic E-state index is 0.0407. The molecule has 1 aromatic carbocycles. The summed E-state index contributed by atoms with van der Waals surface area (Å²) in [5, 5.41) is 8.85. The molecule has 0 aliphatic carbocycles. The molecule has 0 saturated carbocycles. The van der Waals surface area contributed by atoms with Crippen LogP contribution in [0.1, 0.15) is 23.1 Å². The normalized spacial score (nSPS) is 9.72. The Morgan fingerprint density at radius 1 is 1.33 bits per heavy atom. The van der Waals surface area contributed by atoms with Gasteiger partial charge in [0.15, 0.2) is 0 Å². The van der Waals surface area contributed by atoms with E-state index in [0.29, 0.717) is 18.6 Å². The van der Waals surface area contributed by atoms with Gasteiger partial charge in [0.1, 0.15) is 5.75 Å². The zero-order chi connectivity index (χ0) is 13.7. The molecule has 4 nitrogen and oxygen atoms in total. The first kappa shape index (κ1) is 14.0. The van der Waals surface area contributed by atoms with Gasteiger partial charge in [0.25, 0.3) is 0 Å². The van der Waals surface area contributed by atoms with Gasteiger partial charge in [0.2, 0.25) is 5.91 Å². The molecule has 0 aliphatic rings. The number of carbonyl (C=O) groups excluding carboxylic acids is 1. The van der Waals surface area contributed by atoms with Gasteiger partial charge < -0.3 is 9.64 Å². The summed E-state index contributed by atoms with van der Waals surface area (Å²) in [5.41, 5.74) is 2.47. The van der Waals surface area contributed by atoms with Crippen LogP contribution >= 0.6 is 0 Å². The highest BCUT2D eigenvalue weighted by Gasteiger charge is 2.08. The first-order chi connectivity index (χ1) is 8.45. The van der Waals surface area contributed by atoms with E-state index in [0.717, 1.165) is 16.9 Å². The third-order valence-corrected chi connectivity index (χ3v) is 2.65. The maximum Gasteiger partial charge on any atom is 0.225 e. The predicted octanol–water partition coefficient (Wildman–Crippen LogP) is 2.03. The molecule has 18 heavy (non-hydrogen) atoms. The van der Waals surface area contributed by atoms with Crippen molar-refractivity contribution in [2.45, 2.75) is 20.3 Å². The molecule has 0 heterocycles. The lowest BCUT2D eigenvalue weighted by atomic mass is 10.1. The molecular weight excluding hydrogens is 228 g/mol. The molecule has 0 bridgehead atoms. The molecule has 1 aromatic rings. The molecule has 4 heteroatoms. The Balaban J connectivity index is 2.69. The van der Waals surface area contributed by atoms with Crippen molar-refractivity contribution in [3.8, 4) is 11.8 Å². The monoisotopic (exact) mass is 246 g/mol. The fraction of sp³-hybridized carbons (Fsp3) is 0.429. The van der Waals surface area contributed by atoms with Crippen LogP contribution < -0.4 is 4.74 Å². The van der Waals surface area contributed by atoms with E-state index in [-0.39, 0.29) is 5.91 Å². The minimum atomic E-state index is 0.0407. The van der Waals surface area contributed by atoms with Crippen LogP contribution in [0.15, 0.2) is 12.1 Å². The summed E-state index contributed by atoms with van der Waals surface area (Å²) in [5.74, 6) is 0.805. The van der Waals surface area contributed by atoms with Crippen molar-refractivity contribution in [3.05, 3.63) is 28.8 Å². The van der Waals surface area contributed by atoms with E-state index in [2.05, 4.69) is 6.07 Å². The molecule has 96 valence electrons. The van der Waals surface area contributed by atoms with E-state index in [1.54, 1.807) is 31.1 Å². The van der Waals surface area contributed by atoms with E-state index in [1.807, 2.05) is 13.8 Å². The second-order valence-electron chi connectivity index (χ2n) is 4.44. The minimum Gasteiger partial charge on any atom is -0.493 e. The van der Waals surface area contributed by atoms with E-state index < -0.39 is 0 Å². The number of nitriles is 1. The highest BCUT2D eigenvalue weighted by molar-refractivity contribution is 5.75. The number of hydrogen-bond acceptors (Lipinski definition) is 3. The summed E-state index contributed by atoms with van der Waals surface area (Å²) in [6, 6.07) is 5.68. The zero-order valence-corrected chi connectivity index (χ0v) is 11.3. The second-order valence-corrected chi connectivity index (χ2v) is 4.44. The van der Waals surface area contributed by atoms with Gasteiger partial charge in [-0.1, -0.05) is 0 Å². The lowest BCUT2D eigenvalue weighted by Gasteiger charge is -2.14. The van der Waals surface area contributed by atoms with E-state index >= 15 is 0 Å². The largest absolute Gasteiger partial charge is 0.493 e. The molecule has 0 aromatic heterocycles. The standard InChI is InChI=1S/C14H18N2O2/c1-10-7-12(9-15)8-11(2)14(10)18-6-5-13(17)16(3)4/h7-8H,5-6H2,1-4H3. The predicted molar refractivity (Wildman–Crippen MR) is 69.4 cm³/mol.